The molecule has 1 heterocycles. The highest BCUT2D eigenvalue weighted by Crippen LogP contribution is 2.33. The van der Waals surface area contributed by atoms with Crippen LogP contribution in [-0.4, -0.2) is 9.97 Å². The molecule has 0 fully saturated rings. The number of nitrogens with zero attached hydrogens (tertiary/aromatic N) is 1. The SMILES string of the molecule is C[C@@H](Sc1ccc(Br)cc1)c1nc2ccccc2c(=O)[nH]1. The van der Waals surface area contributed by atoms with Crippen LogP contribution in [0.4, 0.5) is 0 Å². The Morgan fingerprint density at radius 1 is 1.14 bits per heavy atom. The number of hydrogen-bond donors (Lipinski definition) is 1. The summed E-state index contributed by atoms with van der Waals surface area (Å²) in [6.07, 6.45) is 0. The van der Waals surface area contributed by atoms with E-state index < -0.39 is 0 Å². The molecule has 3 rings (SSSR count). The van der Waals surface area contributed by atoms with Crippen molar-refractivity contribution in [2.45, 2.75) is 17.1 Å². The minimum atomic E-state index is -0.0844. The van der Waals surface area contributed by atoms with Gasteiger partial charge in [-0.15, -0.1) is 11.8 Å². The summed E-state index contributed by atoms with van der Waals surface area (Å²) in [5.74, 6) is 0.701. The molecular weight excluding hydrogens is 348 g/mol. The fourth-order valence-corrected chi connectivity index (χ4v) is 3.26. The molecule has 0 unspecified atom stereocenters. The molecule has 0 saturated heterocycles. The van der Waals surface area contributed by atoms with E-state index in [-0.39, 0.29) is 10.8 Å². The van der Waals surface area contributed by atoms with Gasteiger partial charge in [-0.25, -0.2) is 4.98 Å². The maximum Gasteiger partial charge on any atom is 0.258 e. The molecule has 0 aliphatic carbocycles. The lowest BCUT2D eigenvalue weighted by Crippen LogP contribution is -2.12. The fraction of sp³-hybridized carbons (Fsp3) is 0.125. The van der Waals surface area contributed by atoms with Gasteiger partial charge in [-0.2, -0.15) is 0 Å². The summed E-state index contributed by atoms with van der Waals surface area (Å²) >= 11 is 5.09. The van der Waals surface area contributed by atoms with Crippen molar-refractivity contribution in [3.05, 3.63) is 69.2 Å². The number of fused-ring (bicyclic) bond motifs is 1. The number of para-hydroxylation sites is 1. The molecule has 106 valence electrons. The number of aromatic nitrogens is 2. The van der Waals surface area contributed by atoms with Gasteiger partial charge in [0.15, 0.2) is 0 Å². The van der Waals surface area contributed by atoms with Crippen LogP contribution < -0.4 is 5.56 Å². The first kappa shape index (κ1) is 14.4. The Morgan fingerprint density at radius 2 is 1.86 bits per heavy atom. The highest BCUT2D eigenvalue weighted by Gasteiger charge is 2.12. The standard InChI is InChI=1S/C16H13BrN2OS/c1-10(21-12-8-6-11(17)7-9-12)15-18-14-5-3-2-4-13(14)16(20)19-15/h2-10H,1H3,(H,18,19,20)/t10-/m1/s1. The van der Waals surface area contributed by atoms with Gasteiger partial charge < -0.3 is 4.98 Å². The molecule has 1 N–H and O–H groups in total. The van der Waals surface area contributed by atoms with Gasteiger partial charge in [0, 0.05) is 9.37 Å². The first-order chi connectivity index (χ1) is 10.1. The summed E-state index contributed by atoms with van der Waals surface area (Å²) in [4.78, 5) is 20.7. The molecule has 1 atom stereocenters. The number of thioether (sulfide) groups is 1. The van der Waals surface area contributed by atoms with Gasteiger partial charge in [0.05, 0.1) is 16.2 Å². The molecule has 3 aromatic rings. The quantitative estimate of drug-likeness (QED) is 0.697. The first-order valence-electron chi connectivity index (χ1n) is 6.54. The van der Waals surface area contributed by atoms with E-state index in [0.717, 1.165) is 14.9 Å². The van der Waals surface area contributed by atoms with Gasteiger partial charge in [-0.3, -0.25) is 4.79 Å². The third-order valence-corrected chi connectivity index (χ3v) is 4.79. The summed E-state index contributed by atoms with van der Waals surface area (Å²) in [7, 11) is 0. The zero-order valence-electron chi connectivity index (χ0n) is 11.3. The second kappa shape index (κ2) is 6.03. The minimum absolute atomic E-state index is 0.0727. The van der Waals surface area contributed by atoms with Crippen LogP contribution in [0.15, 0.2) is 62.7 Å². The molecule has 0 aliphatic rings. The molecule has 2 aromatic carbocycles. The van der Waals surface area contributed by atoms with Crippen LogP contribution >= 0.6 is 27.7 Å². The summed E-state index contributed by atoms with van der Waals surface area (Å²) < 4.78 is 1.05. The molecular formula is C16H13BrN2OS. The van der Waals surface area contributed by atoms with Crippen molar-refractivity contribution in [3.8, 4) is 0 Å². The molecule has 1 aromatic heterocycles. The van der Waals surface area contributed by atoms with E-state index >= 15 is 0 Å². The van der Waals surface area contributed by atoms with E-state index in [2.05, 4.69) is 25.9 Å². The smallest absolute Gasteiger partial charge is 0.258 e. The van der Waals surface area contributed by atoms with Gasteiger partial charge in [0.1, 0.15) is 5.82 Å². The van der Waals surface area contributed by atoms with Gasteiger partial charge in [-0.1, -0.05) is 28.1 Å². The van der Waals surface area contributed by atoms with Crippen molar-refractivity contribution in [2.75, 3.05) is 0 Å². The van der Waals surface area contributed by atoms with Crippen LogP contribution in [0, 0.1) is 0 Å². The Balaban J connectivity index is 1.92. The van der Waals surface area contributed by atoms with Crippen molar-refractivity contribution in [1.82, 2.24) is 9.97 Å². The Kier molecular flexibility index (Phi) is 4.12. The predicted molar refractivity (Wildman–Crippen MR) is 90.8 cm³/mol. The van der Waals surface area contributed by atoms with E-state index in [4.69, 9.17) is 0 Å². The van der Waals surface area contributed by atoms with Gasteiger partial charge in [0.2, 0.25) is 0 Å². The lowest BCUT2D eigenvalue weighted by atomic mass is 10.2. The molecule has 0 saturated carbocycles. The third kappa shape index (κ3) is 3.19. The number of halogens is 1. The molecule has 0 spiro atoms. The van der Waals surface area contributed by atoms with Crippen molar-refractivity contribution in [3.63, 3.8) is 0 Å². The van der Waals surface area contributed by atoms with Crippen LogP contribution in [0.2, 0.25) is 0 Å². The Hall–Kier alpha value is -1.59. The average molecular weight is 361 g/mol. The molecule has 0 aliphatic heterocycles. The number of aromatic amines is 1. The van der Waals surface area contributed by atoms with E-state index in [9.17, 15) is 4.79 Å². The number of rotatable bonds is 3. The van der Waals surface area contributed by atoms with Crippen LogP contribution in [0.1, 0.15) is 18.0 Å². The van der Waals surface area contributed by atoms with Crippen molar-refractivity contribution >= 4 is 38.6 Å². The van der Waals surface area contributed by atoms with Crippen molar-refractivity contribution in [1.29, 1.82) is 0 Å². The van der Waals surface area contributed by atoms with Crippen LogP contribution in [0.5, 0.6) is 0 Å². The van der Waals surface area contributed by atoms with E-state index in [1.807, 2.05) is 49.4 Å². The Morgan fingerprint density at radius 3 is 2.62 bits per heavy atom. The first-order valence-corrected chi connectivity index (χ1v) is 8.22. The molecule has 0 bridgehead atoms. The molecule has 0 radical (unpaired) electrons. The average Bonchev–Trinajstić information content (AvgIpc) is 2.49. The van der Waals surface area contributed by atoms with Crippen LogP contribution in [0.3, 0.4) is 0 Å². The van der Waals surface area contributed by atoms with Gasteiger partial charge >= 0.3 is 0 Å². The highest BCUT2D eigenvalue weighted by atomic mass is 79.9. The number of benzene rings is 2. The Labute approximate surface area is 134 Å². The Bertz CT molecular complexity index is 830. The van der Waals surface area contributed by atoms with Gasteiger partial charge in [-0.05, 0) is 43.3 Å². The summed E-state index contributed by atoms with van der Waals surface area (Å²) in [5, 5.41) is 0.700. The number of nitrogens with one attached hydrogen (secondary N) is 1. The lowest BCUT2D eigenvalue weighted by Gasteiger charge is -2.11. The van der Waals surface area contributed by atoms with E-state index in [1.165, 1.54) is 0 Å². The maximum absolute atomic E-state index is 12.1. The summed E-state index contributed by atoms with van der Waals surface area (Å²) in [5.41, 5.74) is 0.651. The number of H-pyrrole nitrogens is 1. The molecule has 21 heavy (non-hydrogen) atoms. The second-order valence-electron chi connectivity index (χ2n) is 4.68. The molecule has 3 nitrogen and oxygen atoms in total. The summed E-state index contributed by atoms with van der Waals surface area (Å²) in [6.45, 7) is 2.04. The maximum atomic E-state index is 12.1. The van der Waals surface area contributed by atoms with Crippen LogP contribution in [-0.2, 0) is 0 Å². The fourth-order valence-electron chi connectivity index (χ4n) is 2.07. The topological polar surface area (TPSA) is 45.8 Å². The van der Waals surface area contributed by atoms with Crippen molar-refractivity contribution in [2.24, 2.45) is 0 Å². The summed E-state index contributed by atoms with van der Waals surface area (Å²) in [6, 6.07) is 15.5. The zero-order valence-corrected chi connectivity index (χ0v) is 13.7. The number of hydrogen-bond acceptors (Lipinski definition) is 3. The minimum Gasteiger partial charge on any atom is -0.309 e. The van der Waals surface area contributed by atoms with E-state index in [0.29, 0.717) is 11.2 Å². The molecule has 5 heteroatoms. The van der Waals surface area contributed by atoms with Gasteiger partial charge in [0.25, 0.3) is 5.56 Å². The van der Waals surface area contributed by atoms with E-state index in [1.54, 1.807) is 17.8 Å². The normalized spacial score (nSPS) is 12.5. The highest BCUT2D eigenvalue weighted by molar-refractivity contribution is 9.10. The van der Waals surface area contributed by atoms with Crippen molar-refractivity contribution < 1.29 is 0 Å². The molecule has 0 amide bonds. The zero-order chi connectivity index (χ0) is 14.8. The largest absolute Gasteiger partial charge is 0.309 e. The second-order valence-corrected chi connectivity index (χ2v) is 7.01. The van der Waals surface area contributed by atoms with Crippen LogP contribution in [0.25, 0.3) is 10.9 Å². The lowest BCUT2D eigenvalue weighted by molar-refractivity contribution is 0.922. The predicted octanol–water partition coefficient (Wildman–Crippen LogP) is 4.54. The monoisotopic (exact) mass is 360 g/mol. The third-order valence-electron chi connectivity index (χ3n) is 3.14.